The summed E-state index contributed by atoms with van der Waals surface area (Å²) < 4.78 is 25.7. The molecule has 0 radical (unpaired) electrons. The van der Waals surface area contributed by atoms with Gasteiger partial charge in [-0.1, -0.05) is 20.8 Å². The number of hydrogen-bond acceptors (Lipinski definition) is 5. The van der Waals surface area contributed by atoms with Crippen LogP contribution in [0.1, 0.15) is 27.2 Å². The average Bonchev–Trinajstić information content (AvgIpc) is 2.26. The van der Waals surface area contributed by atoms with Crippen molar-refractivity contribution in [3.63, 3.8) is 0 Å². The summed E-state index contributed by atoms with van der Waals surface area (Å²) in [5, 5.41) is 3.00. The smallest absolute Gasteiger partial charge is 0.317 e. The lowest BCUT2D eigenvalue weighted by atomic mass is 9.96. The predicted molar refractivity (Wildman–Crippen MR) is 110 cm³/mol. The van der Waals surface area contributed by atoms with Gasteiger partial charge in [0.2, 0.25) is 5.91 Å². The van der Waals surface area contributed by atoms with E-state index >= 15 is 0 Å². The molecular formula is C15H37NO5Si4. The molecule has 0 atom stereocenters. The SMILES string of the molecule is CC(C)(C)C(=O)NCCC[Si]1(C)O[Si](C)(C)O[Si](C)(C)O[Si](C)(C)O1. The molecule has 1 N–H and O–H groups in total. The normalized spacial score (nSPS) is 24.9. The predicted octanol–water partition coefficient (Wildman–Crippen LogP) is 3.80. The summed E-state index contributed by atoms with van der Waals surface area (Å²) in [6, 6.07) is 0.818. The third-order valence-corrected chi connectivity index (χ3v) is 20.2. The molecule has 148 valence electrons. The molecule has 0 aromatic rings. The number of hydrogen-bond donors (Lipinski definition) is 1. The maximum Gasteiger partial charge on any atom is 0.317 e. The monoisotopic (exact) mass is 423 g/mol. The summed E-state index contributed by atoms with van der Waals surface area (Å²) in [7, 11) is -9.29. The van der Waals surface area contributed by atoms with Gasteiger partial charge in [-0.3, -0.25) is 4.79 Å². The Morgan fingerprint density at radius 3 is 1.60 bits per heavy atom. The zero-order chi connectivity index (χ0) is 19.7. The molecule has 1 saturated heterocycles. The van der Waals surface area contributed by atoms with E-state index in [2.05, 4.69) is 51.1 Å². The molecule has 1 rings (SSSR count). The number of rotatable bonds is 4. The van der Waals surface area contributed by atoms with E-state index in [4.69, 9.17) is 16.5 Å². The Hall–Kier alpha value is 0.178. The Balaban J connectivity index is 2.74. The van der Waals surface area contributed by atoms with E-state index in [1.54, 1.807) is 0 Å². The van der Waals surface area contributed by atoms with Gasteiger partial charge in [0.1, 0.15) is 0 Å². The first-order valence-electron chi connectivity index (χ1n) is 9.04. The average molecular weight is 424 g/mol. The molecule has 1 heterocycles. The van der Waals surface area contributed by atoms with Crippen LogP contribution in [0.25, 0.3) is 0 Å². The van der Waals surface area contributed by atoms with E-state index in [9.17, 15) is 4.79 Å². The fraction of sp³-hybridized carbons (Fsp3) is 0.933. The van der Waals surface area contributed by atoms with Crippen molar-refractivity contribution in [2.75, 3.05) is 6.54 Å². The second kappa shape index (κ2) is 7.66. The highest BCUT2D eigenvalue weighted by Gasteiger charge is 2.52. The highest BCUT2D eigenvalue weighted by Crippen LogP contribution is 2.32. The molecule has 0 bridgehead atoms. The number of carbonyl (C=O) groups is 1. The third-order valence-electron chi connectivity index (χ3n) is 3.68. The number of carbonyl (C=O) groups excluding carboxylic acids is 1. The minimum Gasteiger partial charge on any atom is -0.416 e. The molecule has 1 aliphatic rings. The lowest BCUT2D eigenvalue weighted by molar-refractivity contribution is -0.128. The maximum absolute atomic E-state index is 12.0. The second-order valence-electron chi connectivity index (χ2n) is 9.35. The van der Waals surface area contributed by atoms with E-state index in [1.807, 2.05) is 20.8 Å². The standard InChI is InChI=1S/C15H37NO5Si4/c1-15(2,3)14(17)16-12-11-13-25(10)20-23(6,7)18-22(4,5)19-24(8,9)21-25/h11-13H2,1-10H3,(H,16,17). The first kappa shape index (κ1) is 23.2. The van der Waals surface area contributed by atoms with Crippen LogP contribution in [0.2, 0.25) is 51.9 Å². The molecule has 25 heavy (non-hydrogen) atoms. The largest absolute Gasteiger partial charge is 0.416 e. The van der Waals surface area contributed by atoms with Crippen molar-refractivity contribution in [1.82, 2.24) is 5.32 Å². The molecule has 10 heteroatoms. The van der Waals surface area contributed by atoms with Crippen LogP contribution < -0.4 is 5.32 Å². The van der Waals surface area contributed by atoms with Crippen molar-refractivity contribution in [1.29, 1.82) is 0 Å². The zero-order valence-electron chi connectivity index (χ0n) is 17.7. The minimum atomic E-state index is -2.43. The summed E-state index contributed by atoms with van der Waals surface area (Å²) >= 11 is 0. The Labute approximate surface area is 158 Å². The zero-order valence-corrected chi connectivity index (χ0v) is 21.7. The molecule has 1 fully saturated rings. The summed E-state index contributed by atoms with van der Waals surface area (Å²) in [5.41, 5.74) is -0.365. The van der Waals surface area contributed by atoms with Gasteiger partial charge in [0.05, 0.1) is 0 Å². The third kappa shape index (κ3) is 8.16. The van der Waals surface area contributed by atoms with E-state index in [-0.39, 0.29) is 11.3 Å². The van der Waals surface area contributed by atoms with Crippen molar-refractivity contribution in [2.45, 2.75) is 79.1 Å². The van der Waals surface area contributed by atoms with Crippen LogP contribution in [-0.4, -0.2) is 46.7 Å². The lowest BCUT2D eigenvalue weighted by Gasteiger charge is -2.47. The molecule has 1 aliphatic heterocycles. The number of amides is 1. The van der Waals surface area contributed by atoms with Crippen LogP contribution in [-0.2, 0) is 21.3 Å². The molecular weight excluding hydrogens is 387 g/mol. The Bertz CT molecular complexity index is 469. The minimum absolute atomic E-state index is 0.0719. The highest BCUT2D eigenvalue weighted by molar-refractivity contribution is 6.93. The van der Waals surface area contributed by atoms with Gasteiger partial charge in [-0.25, -0.2) is 0 Å². The summed E-state index contributed by atoms with van der Waals surface area (Å²) in [6.45, 7) is 20.9. The van der Waals surface area contributed by atoms with Gasteiger partial charge in [0.15, 0.2) is 0 Å². The van der Waals surface area contributed by atoms with E-state index in [1.165, 1.54) is 0 Å². The fourth-order valence-corrected chi connectivity index (χ4v) is 24.9. The van der Waals surface area contributed by atoms with Crippen LogP contribution >= 0.6 is 0 Å². The van der Waals surface area contributed by atoms with E-state index < -0.39 is 34.2 Å². The maximum atomic E-state index is 12.0. The van der Waals surface area contributed by atoms with E-state index in [0.29, 0.717) is 6.54 Å². The molecule has 0 aliphatic carbocycles. The first-order chi connectivity index (χ1) is 11.0. The van der Waals surface area contributed by atoms with Crippen molar-refractivity contribution in [2.24, 2.45) is 5.41 Å². The highest BCUT2D eigenvalue weighted by atomic mass is 28.5. The Kier molecular flexibility index (Phi) is 7.11. The Morgan fingerprint density at radius 1 is 0.800 bits per heavy atom. The van der Waals surface area contributed by atoms with Crippen molar-refractivity contribution in [3.05, 3.63) is 0 Å². The van der Waals surface area contributed by atoms with E-state index in [0.717, 1.165) is 12.5 Å². The first-order valence-corrected chi connectivity index (χ1v) is 20.0. The van der Waals surface area contributed by atoms with Crippen LogP contribution in [0.3, 0.4) is 0 Å². The van der Waals surface area contributed by atoms with Gasteiger partial charge in [-0.05, 0) is 58.3 Å². The molecule has 0 unspecified atom stereocenters. The van der Waals surface area contributed by atoms with Crippen molar-refractivity contribution >= 4 is 40.2 Å². The van der Waals surface area contributed by atoms with Gasteiger partial charge >= 0.3 is 34.2 Å². The number of nitrogens with one attached hydrogen (secondary N) is 1. The van der Waals surface area contributed by atoms with Gasteiger partial charge < -0.3 is 21.8 Å². The molecule has 0 saturated carbocycles. The summed E-state index contributed by atoms with van der Waals surface area (Å²) in [4.78, 5) is 12.0. The topological polar surface area (TPSA) is 66.0 Å². The van der Waals surface area contributed by atoms with Crippen LogP contribution in [0, 0.1) is 5.41 Å². The summed E-state index contributed by atoms with van der Waals surface area (Å²) in [6.07, 6.45) is 0.834. The molecule has 0 aromatic heterocycles. The van der Waals surface area contributed by atoms with Crippen LogP contribution in [0.15, 0.2) is 0 Å². The van der Waals surface area contributed by atoms with Gasteiger partial charge in [0, 0.05) is 12.0 Å². The van der Waals surface area contributed by atoms with Crippen molar-refractivity contribution < 1.29 is 21.3 Å². The van der Waals surface area contributed by atoms with Gasteiger partial charge in [0.25, 0.3) is 0 Å². The quantitative estimate of drug-likeness (QED) is 0.550. The molecule has 0 spiro atoms. The Morgan fingerprint density at radius 2 is 1.20 bits per heavy atom. The van der Waals surface area contributed by atoms with Crippen molar-refractivity contribution in [3.8, 4) is 0 Å². The molecule has 6 nitrogen and oxygen atoms in total. The fourth-order valence-electron chi connectivity index (χ4n) is 3.29. The lowest BCUT2D eigenvalue weighted by Crippen LogP contribution is -2.65. The molecule has 0 aromatic carbocycles. The summed E-state index contributed by atoms with van der Waals surface area (Å²) in [5.74, 6) is 0.0719. The van der Waals surface area contributed by atoms with Gasteiger partial charge in [-0.2, -0.15) is 0 Å². The second-order valence-corrected chi connectivity index (χ2v) is 23.8. The van der Waals surface area contributed by atoms with Gasteiger partial charge in [-0.15, -0.1) is 0 Å². The molecule has 1 amide bonds. The van der Waals surface area contributed by atoms with Crippen LogP contribution in [0.4, 0.5) is 0 Å². The van der Waals surface area contributed by atoms with Crippen LogP contribution in [0.5, 0.6) is 0 Å².